The predicted molar refractivity (Wildman–Crippen MR) is 87.2 cm³/mol. The van der Waals surface area contributed by atoms with E-state index in [1.807, 2.05) is 24.3 Å². The standard InChI is InChI=1S/C18H19NOS/c20-18(15-10-5-2-6-11-15)19-17(16-12-7-13-21-16)14-8-3-1-4-9-14/h1-5,7-9,12-13,15,17H,6,10-11H2,(H,19,20)/t15-,17+/m1/s1. The normalized spacial score (nSPS) is 19.1. The fraction of sp³-hybridized carbons (Fsp3) is 0.278. The quantitative estimate of drug-likeness (QED) is 0.837. The molecule has 3 heteroatoms. The molecule has 1 N–H and O–H groups in total. The summed E-state index contributed by atoms with van der Waals surface area (Å²) in [7, 11) is 0. The van der Waals surface area contributed by atoms with Gasteiger partial charge in [-0.15, -0.1) is 11.3 Å². The summed E-state index contributed by atoms with van der Waals surface area (Å²) < 4.78 is 0. The maximum Gasteiger partial charge on any atom is 0.224 e. The number of carbonyl (C=O) groups is 1. The SMILES string of the molecule is O=C(N[C@@H](c1ccccc1)c1cccs1)[C@@H]1CC=CCC1. The van der Waals surface area contributed by atoms with Crippen molar-refractivity contribution in [1.29, 1.82) is 0 Å². The highest BCUT2D eigenvalue weighted by molar-refractivity contribution is 7.10. The van der Waals surface area contributed by atoms with Crippen LogP contribution in [0.1, 0.15) is 35.7 Å². The van der Waals surface area contributed by atoms with Crippen molar-refractivity contribution in [3.63, 3.8) is 0 Å². The van der Waals surface area contributed by atoms with Crippen LogP contribution in [0.25, 0.3) is 0 Å². The maximum atomic E-state index is 12.5. The molecule has 1 aliphatic rings. The Morgan fingerprint density at radius 3 is 2.67 bits per heavy atom. The van der Waals surface area contributed by atoms with Crippen molar-refractivity contribution in [2.75, 3.05) is 0 Å². The van der Waals surface area contributed by atoms with Gasteiger partial charge in [-0.2, -0.15) is 0 Å². The maximum absolute atomic E-state index is 12.5. The van der Waals surface area contributed by atoms with Gasteiger partial charge in [-0.25, -0.2) is 0 Å². The zero-order chi connectivity index (χ0) is 14.5. The van der Waals surface area contributed by atoms with Gasteiger partial charge in [0, 0.05) is 10.8 Å². The van der Waals surface area contributed by atoms with Crippen molar-refractivity contribution in [1.82, 2.24) is 5.32 Å². The molecular weight excluding hydrogens is 278 g/mol. The van der Waals surface area contributed by atoms with Gasteiger partial charge in [-0.1, -0.05) is 48.6 Å². The second kappa shape index (κ2) is 6.72. The van der Waals surface area contributed by atoms with Gasteiger partial charge in [0.2, 0.25) is 5.91 Å². The van der Waals surface area contributed by atoms with E-state index >= 15 is 0 Å². The number of amides is 1. The fourth-order valence-electron chi connectivity index (χ4n) is 2.71. The first-order chi connectivity index (χ1) is 10.3. The Hall–Kier alpha value is -1.87. The van der Waals surface area contributed by atoms with Gasteiger partial charge in [0.05, 0.1) is 6.04 Å². The van der Waals surface area contributed by atoms with Gasteiger partial charge in [-0.3, -0.25) is 4.79 Å². The Balaban J connectivity index is 1.80. The minimum absolute atomic E-state index is 0.0374. The van der Waals surface area contributed by atoms with Crippen molar-refractivity contribution in [2.45, 2.75) is 25.3 Å². The lowest BCUT2D eigenvalue weighted by Crippen LogP contribution is -2.34. The molecule has 1 aromatic carbocycles. The number of hydrogen-bond acceptors (Lipinski definition) is 2. The van der Waals surface area contributed by atoms with E-state index in [-0.39, 0.29) is 17.9 Å². The lowest BCUT2D eigenvalue weighted by atomic mass is 9.93. The van der Waals surface area contributed by atoms with Crippen LogP contribution in [0.4, 0.5) is 0 Å². The van der Waals surface area contributed by atoms with Gasteiger partial charge < -0.3 is 5.32 Å². The number of hydrogen-bond donors (Lipinski definition) is 1. The van der Waals surface area contributed by atoms with Crippen molar-refractivity contribution >= 4 is 17.2 Å². The van der Waals surface area contributed by atoms with Crippen LogP contribution >= 0.6 is 11.3 Å². The Morgan fingerprint density at radius 2 is 2.00 bits per heavy atom. The van der Waals surface area contributed by atoms with Crippen LogP contribution in [0.15, 0.2) is 60.0 Å². The largest absolute Gasteiger partial charge is 0.344 e. The molecule has 2 atom stereocenters. The van der Waals surface area contributed by atoms with E-state index in [9.17, 15) is 4.79 Å². The third-order valence-electron chi connectivity index (χ3n) is 3.89. The van der Waals surface area contributed by atoms with E-state index in [4.69, 9.17) is 0 Å². The van der Waals surface area contributed by atoms with Crippen LogP contribution in [-0.2, 0) is 4.79 Å². The predicted octanol–water partition coefficient (Wildman–Crippen LogP) is 4.31. The van der Waals surface area contributed by atoms with Crippen LogP contribution in [0.5, 0.6) is 0 Å². The molecule has 0 radical (unpaired) electrons. The molecule has 2 aromatic rings. The van der Waals surface area contributed by atoms with Crippen molar-refractivity contribution in [3.05, 3.63) is 70.4 Å². The highest BCUT2D eigenvalue weighted by Gasteiger charge is 2.23. The highest BCUT2D eigenvalue weighted by atomic mass is 32.1. The number of allylic oxidation sites excluding steroid dienone is 2. The average molecular weight is 297 g/mol. The molecule has 0 saturated carbocycles. The summed E-state index contributed by atoms with van der Waals surface area (Å²) in [6.07, 6.45) is 7.10. The third-order valence-corrected chi connectivity index (χ3v) is 4.82. The molecule has 21 heavy (non-hydrogen) atoms. The molecule has 0 spiro atoms. The molecule has 1 amide bonds. The summed E-state index contributed by atoms with van der Waals surface area (Å²) in [5.74, 6) is 0.280. The van der Waals surface area contributed by atoms with Gasteiger partial charge in [0.1, 0.15) is 0 Å². The Labute approximate surface area is 129 Å². The minimum atomic E-state index is -0.0374. The first kappa shape index (κ1) is 14.1. The van der Waals surface area contributed by atoms with Crippen molar-refractivity contribution in [3.8, 4) is 0 Å². The molecule has 0 aliphatic heterocycles. The monoisotopic (exact) mass is 297 g/mol. The topological polar surface area (TPSA) is 29.1 Å². The van der Waals surface area contributed by atoms with Crippen LogP contribution < -0.4 is 5.32 Å². The molecule has 0 fully saturated rings. The summed E-state index contributed by atoms with van der Waals surface area (Å²) in [6.45, 7) is 0. The molecule has 0 bridgehead atoms. The molecule has 1 heterocycles. The van der Waals surface area contributed by atoms with E-state index in [1.165, 1.54) is 4.88 Å². The molecular formula is C18H19NOS. The van der Waals surface area contributed by atoms with E-state index in [2.05, 4.69) is 41.0 Å². The molecule has 3 rings (SSSR count). The summed E-state index contributed by atoms with van der Waals surface area (Å²) >= 11 is 1.69. The molecule has 108 valence electrons. The minimum Gasteiger partial charge on any atom is -0.344 e. The van der Waals surface area contributed by atoms with E-state index in [0.717, 1.165) is 24.8 Å². The second-order valence-corrected chi connectivity index (χ2v) is 6.33. The van der Waals surface area contributed by atoms with Gasteiger partial charge in [0.25, 0.3) is 0 Å². The van der Waals surface area contributed by atoms with E-state index < -0.39 is 0 Å². The zero-order valence-electron chi connectivity index (χ0n) is 11.9. The van der Waals surface area contributed by atoms with E-state index in [1.54, 1.807) is 11.3 Å². The van der Waals surface area contributed by atoms with Crippen LogP contribution in [0.3, 0.4) is 0 Å². The van der Waals surface area contributed by atoms with Gasteiger partial charge >= 0.3 is 0 Å². The lowest BCUT2D eigenvalue weighted by Gasteiger charge is -2.23. The molecule has 0 unspecified atom stereocenters. The number of rotatable bonds is 4. The molecule has 1 aliphatic carbocycles. The molecule has 2 nitrogen and oxygen atoms in total. The smallest absolute Gasteiger partial charge is 0.224 e. The summed E-state index contributed by atoms with van der Waals surface area (Å²) in [4.78, 5) is 13.7. The summed E-state index contributed by atoms with van der Waals surface area (Å²) in [5, 5.41) is 5.30. The Bertz CT molecular complexity index is 603. The van der Waals surface area contributed by atoms with Crippen molar-refractivity contribution in [2.24, 2.45) is 5.92 Å². The highest BCUT2D eigenvalue weighted by Crippen LogP contribution is 2.27. The Kier molecular flexibility index (Phi) is 4.51. The number of nitrogens with one attached hydrogen (secondary N) is 1. The lowest BCUT2D eigenvalue weighted by molar-refractivity contribution is -0.125. The fourth-order valence-corrected chi connectivity index (χ4v) is 3.51. The average Bonchev–Trinajstić information content (AvgIpc) is 3.08. The Morgan fingerprint density at radius 1 is 1.14 bits per heavy atom. The van der Waals surface area contributed by atoms with Crippen LogP contribution in [0, 0.1) is 5.92 Å². The number of benzene rings is 1. The van der Waals surface area contributed by atoms with Gasteiger partial charge in [0.15, 0.2) is 0 Å². The van der Waals surface area contributed by atoms with E-state index in [0.29, 0.717) is 0 Å². The van der Waals surface area contributed by atoms with Crippen molar-refractivity contribution < 1.29 is 4.79 Å². The molecule has 1 aromatic heterocycles. The first-order valence-corrected chi connectivity index (χ1v) is 8.26. The zero-order valence-corrected chi connectivity index (χ0v) is 12.7. The van der Waals surface area contributed by atoms with Gasteiger partial charge in [-0.05, 0) is 36.3 Å². The van der Waals surface area contributed by atoms with Crippen LogP contribution in [-0.4, -0.2) is 5.91 Å². The first-order valence-electron chi connectivity index (χ1n) is 7.38. The second-order valence-electron chi connectivity index (χ2n) is 5.35. The number of thiophene rings is 1. The summed E-state index contributed by atoms with van der Waals surface area (Å²) in [5.41, 5.74) is 1.14. The number of carbonyl (C=O) groups excluding carboxylic acids is 1. The van der Waals surface area contributed by atoms with Crippen LogP contribution in [0.2, 0.25) is 0 Å². The summed E-state index contributed by atoms with van der Waals surface area (Å²) in [6, 6.07) is 14.3. The third kappa shape index (κ3) is 3.42. The molecule has 0 saturated heterocycles.